The normalized spacial score (nSPS) is 10.3. The van der Waals surface area contributed by atoms with Crippen molar-refractivity contribution in [1.29, 1.82) is 0 Å². The van der Waals surface area contributed by atoms with E-state index in [9.17, 15) is 0 Å². The quantitative estimate of drug-likeness (QED) is 0.687. The molecule has 0 aliphatic carbocycles. The van der Waals surface area contributed by atoms with Crippen LogP contribution >= 0.6 is 11.6 Å². The van der Waals surface area contributed by atoms with Crippen LogP contribution in [0.5, 0.6) is 0 Å². The van der Waals surface area contributed by atoms with Gasteiger partial charge < -0.3 is 15.5 Å². The van der Waals surface area contributed by atoms with Gasteiger partial charge in [-0.3, -0.25) is 0 Å². The average Bonchev–Trinajstić information content (AvgIpc) is 2.52. The number of hydrogen-bond acceptors (Lipinski definition) is 5. The minimum absolute atomic E-state index is 0.269. The second kappa shape index (κ2) is 7.82. The van der Waals surface area contributed by atoms with Gasteiger partial charge in [0.2, 0.25) is 0 Å². The smallest absolute Gasteiger partial charge is 0.150 e. The molecular formula is C17H20ClN5. The summed E-state index contributed by atoms with van der Waals surface area (Å²) in [4.78, 5) is 12.1. The molecule has 1 aromatic carbocycles. The van der Waals surface area contributed by atoms with Crippen molar-refractivity contribution in [2.45, 2.75) is 0 Å². The van der Waals surface area contributed by atoms with E-state index in [4.69, 9.17) is 17.3 Å². The van der Waals surface area contributed by atoms with Gasteiger partial charge in [-0.2, -0.15) is 0 Å². The molecule has 1 aromatic heterocycles. The van der Waals surface area contributed by atoms with Crippen LogP contribution < -0.4 is 10.6 Å². The third kappa shape index (κ3) is 4.85. The lowest BCUT2D eigenvalue weighted by Gasteiger charge is -2.21. The first-order valence-corrected chi connectivity index (χ1v) is 7.59. The molecule has 0 saturated heterocycles. The van der Waals surface area contributed by atoms with Crippen LogP contribution in [0, 0.1) is 11.8 Å². The summed E-state index contributed by atoms with van der Waals surface area (Å²) in [6.45, 7) is 1.97. The molecule has 5 nitrogen and oxygen atoms in total. The Hall–Kier alpha value is -2.29. The third-order valence-electron chi connectivity index (χ3n) is 3.35. The summed E-state index contributed by atoms with van der Waals surface area (Å²) in [6, 6.07) is 8.04. The molecule has 0 aliphatic heterocycles. The molecule has 2 rings (SSSR count). The summed E-state index contributed by atoms with van der Waals surface area (Å²) < 4.78 is 0. The number of benzene rings is 1. The fourth-order valence-corrected chi connectivity index (χ4v) is 2.09. The second-order valence-corrected chi connectivity index (χ2v) is 5.80. The van der Waals surface area contributed by atoms with Gasteiger partial charge in [0.05, 0.1) is 0 Å². The predicted molar refractivity (Wildman–Crippen MR) is 95.7 cm³/mol. The molecule has 0 aliphatic rings. The number of hydrogen-bond donors (Lipinski definition) is 1. The lowest BCUT2D eigenvalue weighted by Crippen LogP contribution is -2.28. The van der Waals surface area contributed by atoms with Gasteiger partial charge in [-0.05, 0) is 38.4 Å². The van der Waals surface area contributed by atoms with Crippen LogP contribution in [0.1, 0.15) is 11.1 Å². The number of halogens is 1. The van der Waals surface area contributed by atoms with E-state index in [1.54, 1.807) is 0 Å². The SMILES string of the molecule is CN(C)CCN(C)c1ccc(C#Cc2c(N)ncnc2Cl)cc1. The number of nitrogens with two attached hydrogens (primary N) is 1. The van der Waals surface area contributed by atoms with Crippen LogP contribution in [-0.2, 0) is 0 Å². The van der Waals surface area contributed by atoms with E-state index >= 15 is 0 Å². The average molecular weight is 330 g/mol. The van der Waals surface area contributed by atoms with E-state index in [1.165, 1.54) is 6.33 Å². The van der Waals surface area contributed by atoms with E-state index in [2.05, 4.69) is 52.8 Å². The Morgan fingerprint density at radius 3 is 2.35 bits per heavy atom. The number of rotatable bonds is 4. The Balaban J connectivity index is 2.11. The van der Waals surface area contributed by atoms with Crippen molar-refractivity contribution in [2.75, 3.05) is 44.9 Å². The van der Waals surface area contributed by atoms with Gasteiger partial charge in [0.15, 0.2) is 0 Å². The van der Waals surface area contributed by atoms with Gasteiger partial charge in [0.25, 0.3) is 0 Å². The molecule has 0 saturated carbocycles. The summed E-state index contributed by atoms with van der Waals surface area (Å²) in [7, 11) is 6.21. The van der Waals surface area contributed by atoms with E-state index in [-0.39, 0.29) is 11.0 Å². The van der Waals surface area contributed by atoms with Crippen molar-refractivity contribution in [3.63, 3.8) is 0 Å². The van der Waals surface area contributed by atoms with Crippen LogP contribution in [0.2, 0.25) is 5.15 Å². The maximum Gasteiger partial charge on any atom is 0.150 e. The lowest BCUT2D eigenvalue weighted by atomic mass is 10.2. The highest BCUT2D eigenvalue weighted by atomic mass is 35.5. The molecule has 0 amide bonds. The number of anilines is 2. The summed E-state index contributed by atoms with van der Waals surface area (Å²) in [5.74, 6) is 6.26. The Morgan fingerprint density at radius 2 is 1.74 bits per heavy atom. The predicted octanol–water partition coefficient (Wildman–Crippen LogP) is 2.11. The zero-order valence-electron chi connectivity index (χ0n) is 13.5. The molecule has 23 heavy (non-hydrogen) atoms. The highest BCUT2D eigenvalue weighted by Crippen LogP contribution is 2.16. The van der Waals surface area contributed by atoms with Crippen LogP contribution in [-0.4, -0.2) is 49.1 Å². The highest BCUT2D eigenvalue weighted by Gasteiger charge is 2.04. The van der Waals surface area contributed by atoms with Gasteiger partial charge in [0.1, 0.15) is 22.9 Å². The molecular weight excluding hydrogens is 310 g/mol. The number of aromatic nitrogens is 2. The first-order valence-electron chi connectivity index (χ1n) is 7.21. The number of nitrogen functional groups attached to an aromatic ring is 1. The first kappa shape index (κ1) is 17.1. The monoisotopic (exact) mass is 329 g/mol. The summed E-state index contributed by atoms with van der Waals surface area (Å²) in [5.41, 5.74) is 8.25. The van der Waals surface area contributed by atoms with Crippen LogP contribution in [0.3, 0.4) is 0 Å². The van der Waals surface area contributed by atoms with Crippen molar-refractivity contribution in [3.05, 3.63) is 46.9 Å². The molecule has 0 bridgehead atoms. The van der Waals surface area contributed by atoms with Crippen LogP contribution in [0.4, 0.5) is 11.5 Å². The molecule has 6 heteroatoms. The minimum Gasteiger partial charge on any atom is -0.383 e. The standard InChI is InChI=1S/C17H20ClN5/c1-22(2)10-11-23(3)14-7-4-13(5-8-14)6-9-15-16(18)20-12-21-17(15)19/h4-5,7-8,12H,10-11H2,1-3H3,(H2,19,20,21). The van der Waals surface area contributed by atoms with E-state index in [0.717, 1.165) is 24.3 Å². The van der Waals surface area contributed by atoms with Crippen molar-refractivity contribution in [3.8, 4) is 11.8 Å². The summed E-state index contributed by atoms with van der Waals surface area (Å²) in [6.07, 6.45) is 1.32. The molecule has 0 fully saturated rings. The molecule has 1 heterocycles. The van der Waals surface area contributed by atoms with Crippen molar-refractivity contribution in [2.24, 2.45) is 0 Å². The largest absolute Gasteiger partial charge is 0.383 e. The van der Waals surface area contributed by atoms with E-state index in [0.29, 0.717) is 5.56 Å². The Morgan fingerprint density at radius 1 is 1.04 bits per heavy atom. The topological polar surface area (TPSA) is 58.3 Å². The van der Waals surface area contributed by atoms with E-state index in [1.807, 2.05) is 24.3 Å². The fourth-order valence-electron chi connectivity index (χ4n) is 1.91. The number of nitrogens with zero attached hydrogens (tertiary/aromatic N) is 4. The van der Waals surface area contributed by atoms with Crippen LogP contribution in [0.15, 0.2) is 30.6 Å². The van der Waals surface area contributed by atoms with Gasteiger partial charge in [-0.25, -0.2) is 9.97 Å². The zero-order chi connectivity index (χ0) is 16.8. The van der Waals surface area contributed by atoms with Crippen LogP contribution in [0.25, 0.3) is 0 Å². The molecule has 2 N–H and O–H groups in total. The lowest BCUT2D eigenvalue weighted by molar-refractivity contribution is 0.416. The van der Waals surface area contributed by atoms with Gasteiger partial charge in [-0.1, -0.05) is 23.4 Å². The Kier molecular flexibility index (Phi) is 5.80. The van der Waals surface area contributed by atoms with Crippen molar-refractivity contribution in [1.82, 2.24) is 14.9 Å². The molecule has 0 spiro atoms. The number of likely N-dealkylation sites (N-methyl/N-ethyl adjacent to an activating group) is 2. The third-order valence-corrected chi connectivity index (χ3v) is 3.64. The maximum absolute atomic E-state index is 5.98. The summed E-state index contributed by atoms with van der Waals surface area (Å²) in [5, 5.41) is 0.269. The van der Waals surface area contributed by atoms with Crippen molar-refractivity contribution < 1.29 is 0 Å². The molecule has 2 aromatic rings. The molecule has 0 unspecified atom stereocenters. The Bertz CT molecular complexity index is 696. The van der Waals surface area contributed by atoms with Crippen molar-refractivity contribution >= 4 is 23.1 Å². The Labute approximate surface area is 142 Å². The molecule has 0 atom stereocenters. The summed E-state index contributed by atoms with van der Waals surface area (Å²) >= 11 is 5.98. The second-order valence-electron chi connectivity index (χ2n) is 5.45. The minimum atomic E-state index is 0.269. The van der Waals surface area contributed by atoms with Gasteiger partial charge in [0, 0.05) is 31.4 Å². The molecule has 0 radical (unpaired) electrons. The van der Waals surface area contributed by atoms with Gasteiger partial charge >= 0.3 is 0 Å². The van der Waals surface area contributed by atoms with E-state index < -0.39 is 0 Å². The zero-order valence-corrected chi connectivity index (χ0v) is 14.3. The van der Waals surface area contributed by atoms with Gasteiger partial charge in [-0.15, -0.1) is 0 Å². The highest BCUT2D eigenvalue weighted by molar-refractivity contribution is 6.30. The first-order chi connectivity index (χ1) is 11.0. The molecule has 120 valence electrons. The fraction of sp³-hybridized carbons (Fsp3) is 0.294. The maximum atomic E-state index is 5.98.